The first-order valence-electron chi connectivity index (χ1n) is 8.85. The molecule has 0 N–H and O–H groups in total. The summed E-state index contributed by atoms with van der Waals surface area (Å²) in [4.78, 5) is 23.6. The molecule has 0 saturated heterocycles. The van der Waals surface area contributed by atoms with Crippen LogP contribution in [0.1, 0.15) is 56.1 Å². The Morgan fingerprint density at radius 1 is 1.25 bits per heavy atom. The maximum atomic E-state index is 12.4. The maximum Gasteiger partial charge on any atom is 0.314 e. The van der Waals surface area contributed by atoms with Gasteiger partial charge in [-0.25, -0.2) is 0 Å². The van der Waals surface area contributed by atoms with Gasteiger partial charge >= 0.3 is 5.69 Å². The van der Waals surface area contributed by atoms with Crippen LogP contribution in [0.5, 0.6) is 5.75 Å². The zero-order valence-corrected chi connectivity index (χ0v) is 14.2. The van der Waals surface area contributed by atoms with Gasteiger partial charge in [0, 0.05) is 17.4 Å². The third kappa shape index (κ3) is 1.96. The molecular weight excluding hydrogens is 306 g/mol. The van der Waals surface area contributed by atoms with Crippen LogP contribution in [-0.2, 0) is 11.2 Å². The second kappa shape index (κ2) is 5.30. The van der Waals surface area contributed by atoms with Crippen LogP contribution in [0.25, 0.3) is 0 Å². The fraction of sp³-hybridized carbons (Fsp3) is 0.632. The van der Waals surface area contributed by atoms with Crippen LogP contribution in [0.3, 0.4) is 0 Å². The standard InChI is InChI=1S/C19H23NO4/c1-19-10-9-12-11-5-7-16(24-2)18(20(22)23)14(11)4-3-13(12)15(19)6-8-17(19)21/h5,7,12-13,15H,3-4,6,8-10H2,1-2H3/t12-,13-,15+,19+/m0/s1. The van der Waals surface area contributed by atoms with Gasteiger partial charge in [-0.3, -0.25) is 14.9 Å². The molecule has 0 radical (unpaired) electrons. The average molecular weight is 329 g/mol. The number of benzene rings is 1. The lowest BCUT2D eigenvalue weighted by Gasteiger charge is -2.48. The molecule has 5 heteroatoms. The third-order valence-corrected chi connectivity index (χ3v) is 6.96. The number of nitro groups is 1. The summed E-state index contributed by atoms with van der Waals surface area (Å²) < 4.78 is 5.22. The quantitative estimate of drug-likeness (QED) is 0.607. The second-order valence-electron chi connectivity index (χ2n) is 7.77. The number of nitro benzene ring substituents is 1. The van der Waals surface area contributed by atoms with Crippen molar-refractivity contribution in [2.24, 2.45) is 17.3 Å². The predicted octanol–water partition coefficient (Wildman–Crippen LogP) is 4.03. The Balaban J connectivity index is 1.77. The fourth-order valence-corrected chi connectivity index (χ4v) is 5.76. The number of ether oxygens (including phenoxy) is 1. The highest BCUT2D eigenvalue weighted by Crippen LogP contribution is 2.60. The molecule has 4 atom stereocenters. The molecule has 3 aliphatic carbocycles. The average Bonchev–Trinajstić information content (AvgIpc) is 2.88. The molecule has 0 unspecified atom stereocenters. The molecule has 0 amide bonds. The number of carbonyl (C=O) groups is 1. The number of ketones is 1. The summed E-state index contributed by atoms with van der Waals surface area (Å²) in [5, 5.41) is 11.6. The Morgan fingerprint density at radius 3 is 2.75 bits per heavy atom. The summed E-state index contributed by atoms with van der Waals surface area (Å²) in [7, 11) is 1.48. The lowest BCUT2D eigenvalue weighted by molar-refractivity contribution is -0.386. The lowest BCUT2D eigenvalue weighted by atomic mass is 9.55. The molecule has 24 heavy (non-hydrogen) atoms. The highest BCUT2D eigenvalue weighted by Gasteiger charge is 2.55. The Labute approximate surface area is 141 Å². The molecule has 2 saturated carbocycles. The van der Waals surface area contributed by atoms with Gasteiger partial charge in [0.1, 0.15) is 5.78 Å². The first kappa shape index (κ1) is 15.6. The second-order valence-corrected chi connectivity index (χ2v) is 7.77. The van der Waals surface area contributed by atoms with E-state index in [1.54, 1.807) is 6.07 Å². The first-order chi connectivity index (χ1) is 11.5. The van der Waals surface area contributed by atoms with E-state index in [1.807, 2.05) is 6.07 Å². The topological polar surface area (TPSA) is 69.4 Å². The van der Waals surface area contributed by atoms with Crippen LogP contribution < -0.4 is 4.74 Å². The lowest BCUT2D eigenvalue weighted by Crippen LogP contribution is -2.42. The van der Waals surface area contributed by atoms with Gasteiger partial charge in [0.25, 0.3) is 0 Å². The molecule has 0 bridgehead atoms. The normalized spacial score (nSPS) is 34.2. The van der Waals surface area contributed by atoms with Gasteiger partial charge in [0.15, 0.2) is 5.75 Å². The van der Waals surface area contributed by atoms with Crippen molar-refractivity contribution in [3.05, 3.63) is 33.4 Å². The van der Waals surface area contributed by atoms with Crippen LogP contribution in [0.2, 0.25) is 0 Å². The Kier molecular flexibility index (Phi) is 3.44. The first-order valence-corrected chi connectivity index (χ1v) is 8.85. The number of methoxy groups -OCH3 is 1. The SMILES string of the molecule is COc1ccc2c(c1[N+](=O)[O-])CC[C@@H]1[C@H]3CCC(=O)[C@]3(C)CC[C@@H]21. The molecular formula is C19H23NO4. The van der Waals surface area contributed by atoms with E-state index >= 15 is 0 Å². The Bertz CT molecular complexity index is 728. The van der Waals surface area contributed by atoms with Crippen LogP contribution in [-0.4, -0.2) is 17.8 Å². The summed E-state index contributed by atoms with van der Waals surface area (Å²) >= 11 is 0. The van der Waals surface area contributed by atoms with Crippen molar-refractivity contribution in [2.45, 2.75) is 51.4 Å². The Hall–Kier alpha value is -1.91. The summed E-state index contributed by atoms with van der Waals surface area (Å²) in [5.41, 5.74) is 1.97. The molecule has 5 nitrogen and oxygen atoms in total. The molecule has 1 aromatic carbocycles. The van der Waals surface area contributed by atoms with Crippen molar-refractivity contribution in [3.8, 4) is 5.75 Å². The van der Waals surface area contributed by atoms with Gasteiger partial charge < -0.3 is 4.74 Å². The molecule has 2 fully saturated rings. The van der Waals surface area contributed by atoms with Crippen molar-refractivity contribution in [3.63, 3.8) is 0 Å². The van der Waals surface area contributed by atoms with Crippen LogP contribution in [0.4, 0.5) is 5.69 Å². The maximum absolute atomic E-state index is 12.4. The van der Waals surface area contributed by atoms with Crippen molar-refractivity contribution in [2.75, 3.05) is 7.11 Å². The van der Waals surface area contributed by atoms with Crippen LogP contribution >= 0.6 is 0 Å². The summed E-state index contributed by atoms with van der Waals surface area (Å²) in [6.45, 7) is 2.15. The number of nitrogens with zero attached hydrogens (tertiary/aromatic N) is 1. The van der Waals surface area contributed by atoms with E-state index in [4.69, 9.17) is 4.74 Å². The van der Waals surface area contributed by atoms with Crippen LogP contribution in [0, 0.1) is 27.4 Å². The van der Waals surface area contributed by atoms with E-state index in [1.165, 1.54) is 7.11 Å². The largest absolute Gasteiger partial charge is 0.490 e. The van der Waals surface area contributed by atoms with E-state index in [9.17, 15) is 14.9 Å². The fourth-order valence-electron chi connectivity index (χ4n) is 5.76. The van der Waals surface area contributed by atoms with E-state index < -0.39 is 0 Å². The monoisotopic (exact) mass is 329 g/mol. The molecule has 0 aliphatic heterocycles. The molecule has 0 aromatic heterocycles. The van der Waals surface area contributed by atoms with Crippen molar-refractivity contribution in [1.29, 1.82) is 0 Å². The minimum absolute atomic E-state index is 0.143. The molecule has 1 aromatic rings. The predicted molar refractivity (Wildman–Crippen MR) is 89.3 cm³/mol. The number of hydrogen-bond donors (Lipinski definition) is 0. The van der Waals surface area contributed by atoms with Gasteiger partial charge in [-0.15, -0.1) is 0 Å². The van der Waals surface area contributed by atoms with E-state index in [0.29, 0.717) is 42.1 Å². The van der Waals surface area contributed by atoms with Crippen LogP contribution in [0.15, 0.2) is 12.1 Å². The summed E-state index contributed by atoms with van der Waals surface area (Å²) in [5.74, 6) is 2.06. The number of fused-ring (bicyclic) bond motifs is 5. The molecule has 4 rings (SSSR count). The molecule has 3 aliphatic rings. The van der Waals surface area contributed by atoms with Crippen molar-refractivity contribution < 1.29 is 14.5 Å². The zero-order chi connectivity index (χ0) is 17.1. The van der Waals surface area contributed by atoms with Crippen molar-refractivity contribution in [1.82, 2.24) is 0 Å². The minimum Gasteiger partial charge on any atom is -0.490 e. The number of hydrogen-bond acceptors (Lipinski definition) is 4. The minimum atomic E-state index is -0.302. The van der Waals surface area contributed by atoms with Gasteiger partial charge in [-0.05, 0) is 61.5 Å². The third-order valence-electron chi connectivity index (χ3n) is 6.96. The van der Waals surface area contributed by atoms with E-state index in [2.05, 4.69) is 6.92 Å². The highest BCUT2D eigenvalue weighted by atomic mass is 16.6. The van der Waals surface area contributed by atoms with Gasteiger partial charge in [-0.1, -0.05) is 13.0 Å². The van der Waals surface area contributed by atoms with Gasteiger partial charge in [0.05, 0.1) is 12.0 Å². The van der Waals surface area contributed by atoms with Crippen molar-refractivity contribution >= 4 is 11.5 Å². The van der Waals surface area contributed by atoms with Gasteiger partial charge in [-0.2, -0.15) is 0 Å². The number of Topliss-reactive ketones (excluding diaryl/α,β-unsaturated/α-hetero) is 1. The number of carbonyl (C=O) groups excluding carboxylic acids is 1. The molecule has 0 heterocycles. The molecule has 128 valence electrons. The summed E-state index contributed by atoms with van der Waals surface area (Å²) in [6, 6.07) is 3.77. The zero-order valence-electron chi connectivity index (χ0n) is 14.2. The molecule has 0 spiro atoms. The Morgan fingerprint density at radius 2 is 2.04 bits per heavy atom. The van der Waals surface area contributed by atoms with E-state index in [-0.39, 0.29) is 16.0 Å². The van der Waals surface area contributed by atoms with E-state index in [0.717, 1.165) is 36.8 Å². The number of rotatable bonds is 2. The smallest absolute Gasteiger partial charge is 0.314 e. The van der Waals surface area contributed by atoms with Gasteiger partial charge in [0.2, 0.25) is 0 Å². The highest BCUT2D eigenvalue weighted by molar-refractivity contribution is 5.87. The summed E-state index contributed by atoms with van der Waals surface area (Å²) in [6.07, 6.45) is 5.23.